The molecule has 0 aromatic heterocycles. The third-order valence-electron chi connectivity index (χ3n) is 5.58. The fraction of sp³-hybridized carbons (Fsp3) is 0.800. The second-order valence-corrected chi connectivity index (χ2v) is 10.6. The second-order valence-electron chi connectivity index (χ2n) is 10.6. The largest absolute Gasteiger partial charge is 0.384 e. The minimum absolute atomic E-state index is 0. The minimum atomic E-state index is -0.252. The van der Waals surface area contributed by atoms with Crippen LogP contribution in [0.15, 0.2) is 12.2 Å². The van der Waals surface area contributed by atoms with Gasteiger partial charge >= 0.3 is 0 Å². The van der Waals surface area contributed by atoms with E-state index in [9.17, 15) is 4.79 Å². The van der Waals surface area contributed by atoms with Gasteiger partial charge in [0.15, 0.2) is 0 Å². The van der Waals surface area contributed by atoms with Crippen LogP contribution in [0.3, 0.4) is 0 Å². The number of allylic oxidation sites excluding steroid dienone is 2. The van der Waals surface area contributed by atoms with Gasteiger partial charge in [0.25, 0.3) is 0 Å². The molecule has 28 heavy (non-hydrogen) atoms. The molecule has 2 aliphatic carbocycles. The zero-order valence-corrected chi connectivity index (χ0v) is 22.3. The molecule has 1 radical (unpaired) electrons. The quantitative estimate of drug-likeness (QED) is 0.248. The Kier molecular flexibility index (Phi) is 13.2. The Morgan fingerprint density at radius 1 is 1.07 bits per heavy atom. The smallest absolute Gasteiger partial charge is 0.111 e. The van der Waals surface area contributed by atoms with Crippen molar-refractivity contribution in [3.05, 3.63) is 26.0 Å². The number of ether oxygens (including phenoxy) is 1. The standard InChI is InChI=1S/C13H21O.C12H23O.Y/c1-2-9-14-10-13-11-7-5-3-4-6-8-12(11)13;1-9(8-11(2,3)4)10(13)12(5,6)7;/h3-4,11-13H,1-2,5-10H2;9H,1,8H2,2-7H3;/q2*-1;/b4-3+;;. The van der Waals surface area contributed by atoms with Crippen molar-refractivity contribution in [2.75, 3.05) is 13.2 Å². The Balaban J connectivity index is 0.000000505. The summed E-state index contributed by atoms with van der Waals surface area (Å²) in [5.41, 5.74) is -0.0645. The summed E-state index contributed by atoms with van der Waals surface area (Å²) in [5, 5.41) is 0. The molecule has 0 spiro atoms. The number of hydrogen-bond donors (Lipinski definition) is 0. The van der Waals surface area contributed by atoms with Crippen LogP contribution in [0.1, 0.15) is 80.1 Å². The molecule has 161 valence electrons. The zero-order chi connectivity index (χ0) is 20.7. The van der Waals surface area contributed by atoms with Crippen molar-refractivity contribution in [1.29, 1.82) is 0 Å². The number of carbonyl (C=O) groups excluding carboxylic acids is 1. The normalized spacial score (nSPS) is 26.4. The minimum Gasteiger partial charge on any atom is -0.384 e. The van der Waals surface area contributed by atoms with Crippen molar-refractivity contribution in [1.82, 2.24) is 0 Å². The predicted octanol–water partition coefficient (Wildman–Crippen LogP) is 6.71. The summed E-state index contributed by atoms with van der Waals surface area (Å²) < 4.78 is 5.60. The first kappa shape index (κ1) is 28.5. The fourth-order valence-corrected chi connectivity index (χ4v) is 4.21. The molecule has 3 atom stereocenters. The molecule has 0 aromatic rings. The van der Waals surface area contributed by atoms with Crippen LogP contribution in [0.4, 0.5) is 0 Å². The van der Waals surface area contributed by atoms with E-state index in [1.54, 1.807) is 0 Å². The van der Waals surface area contributed by atoms with Crippen molar-refractivity contribution in [3.63, 3.8) is 0 Å². The first-order chi connectivity index (χ1) is 12.5. The maximum Gasteiger partial charge on any atom is 0.111 e. The van der Waals surface area contributed by atoms with E-state index in [1.807, 2.05) is 20.8 Å². The number of Topliss-reactive ketones (excluding diaryl/α,β-unsaturated/α-hetero) is 1. The van der Waals surface area contributed by atoms with Crippen LogP contribution in [0.25, 0.3) is 0 Å². The first-order valence-electron chi connectivity index (χ1n) is 10.9. The summed E-state index contributed by atoms with van der Waals surface area (Å²) in [6.45, 7) is 21.8. The van der Waals surface area contributed by atoms with Gasteiger partial charge in [-0.15, -0.1) is 5.92 Å². The molecule has 3 unspecified atom stereocenters. The van der Waals surface area contributed by atoms with Gasteiger partial charge in [0, 0.05) is 51.3 Å². The summed E-state index contributed by atoms with van der Waals surface area (Å²) in [6, 6.07) is 0. The average Bonchev–Trinajstić information content (AvgIpc) is 3.14. The summed E-state index contributed by atoms with van der Waals surface area (Å²) in [5.74, 6) is 3.03. The number of ketones is 1. The zero-order valence-electron chi connectivity index (χ0n) is 19.4. The SMILES string of the molecule is [CH2-]C(CC(C)(C)C)C(=O)C(C)(C)C.[CH2-]CCOCC1C2CC/C=C/CCC21.[Y]. The van der Waals surface area contributed by atoms with Gasteiger partial charge in [-0.3, -0.25) is 0 Å². The van der Waals surface area contributed by atoms with E-state index in [1.165, 1.54) is 25.7 Å². The van der Waals surface area contributed by atoms with E-state index in [0.717, 1.165) is 43.8 Å². The van der Waals surface area contributed by atoms with Crippen LogP contribution >= 0.6 is 0 Å². The van der Waals surface area contributed by atoms with E-state index in [-0.39, 0.29) is 55.2 Å². The maximum absolute atomic E-state index is 11.8. The third kappa shape index (κ3) is 11.0. The Morgan fingerprint density at radius 3 is 1.96 bits per heavy atom. The van der Waals surface area contributed by atoms with Gasteiger partial charge in [0.1, 0.15) is 5.78 Å². The van der Waals surface area contributed by atoms with Crippen molar-refractivity contribution >= 4 is 5.78 Å². The monoisotopic (exact) mass is 465 g/mol. The van der Waals surface area contributed by atoms with Crippen LogP contribution < -0.4 is 0 Å². The van der Waals surface area contributed by atoms with Gasteiger partial charge < -0.3 is 23.4 Å². The Hall–Kier alpha value is 0.474. The van der Waals surface area contributed by atoms with Crippen LogP contribution in [-0.2, 0) is 42.2 Å². The van der Waals surface area contributed by atoms with Crippen molar-refractivity contribution in [2.45, 2.75) is 80.1 Å². The fourth-order valence-electron chi connectivity index (χ4n) is 4.21. The molecule has 0 amide bonds. The predicted molar refractivity (Wildman–Crippen MR) is 116 cm³/mol. The maximum atomic E-state index is 11.8. The summed E-state index contributed by atoms with van der Waals surface area (Å²) >= 11 is 0. The van der Waals surface area contributed by atoms with Gasteiger partial charge in [-0.25, -0.2) is 0 Å². The molecular weight excluding hydrogens is 421 g/mol. The van der Waals surface area contributed by atoms with Gasteiger partial charge in [-0.05, 0) is 48.9 Å². The average molecular weight is 466 g/mol. The van der Waals surface area contributed by atoms with E-state index < -0.39 is 0 Å². The second kappa shape index (κ2) is 13.0. The molecule has 2 nitrogen and oxygen atoms in total. The Bertz CT molecular complexity index is 454. The molecule has 0 bridgehead atoms. The molecule has 3 heteroatoms. The van der Waals surface area contributed by atoms with Crippen LogP contribution in [0, 0.1) is 48.3 Å². The molecule has 0 heterocycles. The van der Waals surface area contributed by atoms with Crippen molar-refractivity contribution in [2.24, 2.45) is 34.5 Å². The van der Waals surface area contributed by atoms with E-state index >= 15 is 0 Å². The first-order valence-corrected chi connectivity index (χ1v) is 10.9. The van der Waals surface area contributed by atoms with Gasteiger partial charge in [-0.1, -0.05) is 60.1 Å². The number of fused-ring (bicyclic) bond motifs is 1. The number of carbonyl (C=O) groups is 1. The Morgan fingerprint density at radius 2 is 1.57 bits per heavy atom. The van der Waals surface area contributed by atoms with E-state index in [4.69, 9.17) is 4.74 Å². The Labute approximate surface area is 200 Å². The van der Waals surface area contributed by atoms with Crippen molar-refractivity contribution < 1.29 is 42.2 Å². The van der Waals surface area contributed by atoms with E-state index in [0.29, 0.717) is 0 Å². The molecular formula is C25H44O2Y-2. The number of rotatable bonds is 6. The van der Waals surface area contributed by atoms with Crippen molar-refractivity contribution in [3.8, 4) is 0 Å². The number of hydrogen-bond acceptors (Lipinski definition) is 2. The molecule has 0 aromatic carbocycles. The topological polar surface area (TPSA) is 26.3 Å². The molecule has 0 saturated heterocycles. The molecule has 1 saturated carbocycles. The molecule has 1 fully saturated rings. The van der Waals surface area contributed by atoms with Crippen LogP contribution in [0.5, 0.6) is 0 Å². The molecule has 2 aliphatic rings. The van der Waals surface area contributed by atoms with Gasteiger partial charge in [-0.2, -0.15) is 6.42 Å². The third-order valence-corrected chi connectivity index (χ3v) is 5.58. The summed E-state index contributed by atoms with van der Waals surface area (Å²) in [6.07, 6.45) is 11.8. The summed E-state index contributed by atoms with van der Waals surface area (Å²) in [7, 11) is 0. The van der Waals surface area contributed by atoms with Gasteiger partial charge in [0.05, 0.1) is 0 Å². The summed E-state index contributed by atoms with van der Waals surface area (Å²) in [4.78, 5) is 11.8. The van der Waals surface area contributed by atoms with Gasteiger partial charge in [0.2, 0.25) is 0 Å². The van der Waals surface area contributed by atoms with Crippen LogP contribution in [0.2, 0.25) is 0 Å². The molecule has 2 rings (SSSR count). The molecule has 0 aliphatic heterocycles. The van der Waals surface area contributed by atoms with E-state index in [2.05, 4.69) is 46.8 Å². The molecule has 0 N–H and O–H groups in total. The van der Waals surface area contributed by atoms with Crippen LogP contribution in [-0.4, -0.2) is 19.0 Å².